The van der Waals surface area contributed by atoms with Crippen molar-refractivity contribution in [2.75, 3.05) is 31.6 Å². The Labute approximate surface area is 378 Å². The van der Waals surface area contributed by atoms with Crippen LogP contribution in [0, 0.1) is 0 Å². The first-order valence-corrected chi connectivity index (χ1v) is 21.5. The number of aliphatic carboxylic acids is 2. The van der Waals surface area contributed by atoms with Gasteiger partial charge in [0.15, 0.2) is 11.9 Å². The standard InChI is InChI=1S/C36H63N15O13S/c1-18(52)46-21(8-11-26(54)45-17-28(57)58)31(61)50-23(9-12-27(55)56)33(63)51-24(13-16-65-2)34(64)49-22(7-10-25(37)53)32(62)48-20(6-4-15-44-36(41)42)30(60)47-19(29(38)59)5-3-14-43-35(39)40/h19-24H,3-17H2,1-2H3,(H2,37,53)(H2,38,59)(H,45,54)(H,46,52)(H,47,60)(H,48,62)(H,49,64)(H,50,61)(H,51,63)(H,55,56)(H,57,58)(H4,39,40,43)(H4,41,42,44). The predicted molar refractivity (Wildman–Crippen MR) is 234 cm³/mol. The van der Waals surface area contributed by atoms with Gasteiger partial charge in [-0.1, -0.05) is 0 Å². The van der Waals surface area contributed by atoms with E-state index in [4.69, 9.17) is 39.5 Å². The predicted octanol–water partition coefficient (Wildman–Crippen LogP) is -6.63. The summed E-state index contributed by atoms with van der Waals surface area (Å²) in [6.45, 7) is 0.483. The zero-order chi connectivity index (χ0) is 49.6. The molecule has 29 heteroatoms. The van der Waals surface area contributed by atoms with E-state index in [-0.39, 0.29) is 69.3 Å². The molecule has 0 bridgehead atoms. The number of nitrogens with two attached hydrogens (primary N) is 6. The van der Waals surface area contributed by atoms with Crippen LogP contribution < -0.4 is 71.6 Å². The van der Waals surface area contributed by atoms with Crippen molar-refractivity contribution in [2.45, 2.75) is 114 Å². The molecule has 9 amide bonds. The molecule has 0 aliphatic carbocycles. The Kier molecular flexibility index (Phi) is 28.4. The van der Waals surface area contributed by atoms with Crippen LogP contribution in [0.4, 0.5) is 0 Å². The van der Waals surface area contributed by atoms with Crippen molar-refractivity contribution in [3.63, 3.8) is 0 Å². The first-order chi connectivity index (χ1) is 30.5. The monoisotopic (exact) mass is 945 g/mol. The summed E-state index contributed by atoms with van der Waals surface area (Å²) < 4.78 is 0. The van der Waals surface area contributed by atoms with Gasteiger partial charge in [0.2, 0.25) is 53.2 Å². The maximum atomic E-state index is 13.9. The lowest BCUT2D eigenvalue weighted by Gasteiger charge is -2.27. The molecular weight excluding hydrogens is 883 g/mol. The highest BCUT2D eigenvalue weighted by molar-refractivity contribution is 7.98. The van der Waals surface area contributed by atoms with Crippen LogP contribution in [0.1, 0.15) is 77.6 Å². The lowest BCUT2D eigenvalue weighted by atomic mass is 10.0. The molecule has 21 N–H and O–H groups in total. The van der Waals surface area contributed by atoms with Gasteiger partial charge in [-0.25, -0.2) is 0 Å². The lowest BCUT2D eigenvalue weighted by Crippen LogP contribution is -2.59. The highest BCUT2D eigenvalue weighted by Crippen LogP contribution is 2.10. The number of amides is 9. The normalized spacial score (nSPS) is 13.3. The second kappa shape index (κ2) is 31.8. The first kappa shape index (κ1) is 58.1. The number of hydrogen-bond acceptors (Lipinski definition) is 14. The minimum atomic E-state index is -1.64. The number of thioether (sulfide) groups is 1. The van der Waals surface area contributed by atoms with E-state index in [1.807, 2.05) is 0 Å². The molecule has 0 heterocycles. The van der Waals surface area contributed by atoms with Crippen LogP contribution in [0.5, 0.6) is 0 Å². The molecule has 0 aliphatic heterocycles. The molecule has 0 radical (unpaired) electrons. The van der Waals surface area contributed by atoms with Crippen molar-refractivity contribution < 1.29 is 63.0 Å². The van der Waals surface area contributed by atoms with Gasteiger partial charge in [0.1, 0.15) is 42.8 Å². The van der Waals surface area contributed by atoms with Gasteiger partial charge in [0.05, 0.1) is 0 Å². The highest BCUT2D eigenvalue weighted by Gasteiger charge is 2.33. The number of carbonyl (C=O) groups excluding carboxylic acids is 9. The van der Waals surface area contributed by atoms with Crippen LogP contribution in [0.25, 0.3) is 0 Å². The maximum absolute atomic E-state index is 13.9. The molecule has 0 rings (SSSR count). The Balaban J connectivity index is 6.54. The zero-order valence-corrected chi connectivity index (χ0v) is 37.0. The van der Waals surface area contributed by atoms with Gasteiger partial charge >= 0.3 is 11.9 Å². The molecule has 0 aromatic rings. The van der Waals surface area contributed by atoms with Gasteiger partial charge in [-0.2, -0.15) is 11.8 Å². The minimum absolute atomic E-state index is 0.0125. The molecule has 0 aromatic carbocycles. The summed E-state index contributed by atoms with van der Waals surface area (Å²) in [5.41, 5.74) is 32.3. The van der Waals surface area contributed by atoms with Gasteiger partial charge in [-0.15, -0.1) is 0 Å². The fraction of sp³-hybridized carbons (Fsp3) is 0.639. The lowest BCUT2D eigenvalue weighted by molar-refractivity contribution is -0.138. The molecule has 65 heavy (non-hydrogen) atoms. The smallest absolute Gasteiger partial charge is 0.322 e. The van der Waals surface area contributed by atoms with Crippen LogP contribution in [0.15, 0.2) is 9.98 Å². The molecule has 0 saturated heterocycles. The molecule has 0 aromatic heterocycles. The summed E-state index contributed by atoms with van der Waals surface area (Å²) >= 11 is 1.26. The van der Waals surface area contributed by atoms with Gasteiger partial charge in [-0.05, 0) is 63.4 Å². The average Bonchev–Trinajstić information content (AvgIpc) is 3.21. The molecule has 28 nitrogen and oxygen atoms in total. The van der Waals surface area contributed by atoms with E-state index >= 15 is 0 Å². The summed E-state index contributed by atoms with van der Waals surface area (Å²) in [7, 11) is 0. The van der Waals surface area contributed by atoms with Crippen LogP contribution in [-0.4, -0.2) is 155 Å². The SMILES string of the molecule is CSCCC(NC(=O)C(CCC(=O)O)NC(=O)C(CCC(=O)NCC(=O)O)NC(C)=O)C(=O)NC(CCC(N)=O)C(=O)NC(CCCN=C(N)N)C(=O)NC(CCCN=C(N)N)C(N)=O. The number of carboxylic acids is 2. The van der Waals surface area contributed by atoms with Crippen molar-refractivity contribution in [3.8, 4) is 0 Å². The summed E-state index contributed by atoms with van der Waals surface area (Å²) in [6.07, 6.45) is -0.956. The molecule has 0 fully saturated rings. The number of carbonyl (C=O) groups is 11. The third-order valence-electron chi connectivity index (χ3n) is 8.81. The Morgan fingerprint density at radius 1 is 0.508 bits per heavy atom. The van der Waals surface area contributed by atoms with Crippen LogP contribution in [0.2, 0.25) is 0 Å². The van der Waals surface area contributed by atoms with E-state index < -0.39 is 140 Å². The Hall–Kier alpha value is -6.94. The van der Waals surface area contributed by atoms with Gasteiger partial charge < -0.3 is 81.8 Å². The molecular formula is C36H63N15O13S. The minimum Gasteiger partial charge on any atom is -0.481 e. The second-order valence-corrected chi connectivity index (χ2v) is 15.3. The van der Waals surface area contributed by atoms with E-state index in [0.717, 1.165) is 6.92 Å². The van der Waals surface area contributed by atoms with Crippen molar-refractivity contribution in [1.82, 2.24) is 37.2 Å². The highest BCUT2D eigenvalue weighted by atomic mass is 32.2. The third kappa shape index (κ3) is 27.7. The number of guanidine groups is 2. The van der Waals surface area contributed by atoms with E-state index in [0.29, 0.717) is 0 Å². The fourth-order valence-electron chi connectivity index (χ4n) is 5.57. The molecule has 6 unspecified atom stereocenters. The van der Waals surface area contributed by atoms with Crippen LogP contribution >= 0.6 is 11.8 Å². The molecule has 0 spiro atoms. The Morgan fingerprint density at radius 3 is 1.28 bits per heavy atom. The third-order valence-corrected chi connectivity index (χ3v) is 9.45. The summed E-state index contributed by atoms with van der Waals surface area (Å²) in [5, 5.41) is 34.8. The van der Waals surface area contributed by atoms with E-state index in [1.54, 1.807) is 6.26 Å². The number of aliphatic imine (C=N–C) groups is 2. The average molecular weight is 946 g/mol. The topological polar surface area (TPSA) is 493 Å². The Morgan fingerprint density at radius 2 is 0.892 bits per heavy atom. The van der Waals surface area contributed by atoms with Crippen LogP contribution in [0.3, 0.4) is 0 Å². The van der Waals surface area contributed by atoms with Gasteiger partial charge in [0.25, 0.3) is 0 Å². The quantitative estimate of drug-likeness (QED) is 0.0162. The number of carboxylic acid groups (broad SMARTS) is 2. The number of rotatable bonds is 34. The molecule has 0 aliphatic rings. The van der Waals surface area contributed by atoms with E-state index in [2.05, 4.69) is 47.2 Å². The second-order valence-electron chi connectivity index (χ2n) is 14.3. The Bertz CT molecular complexity index is 1740. The summed E-state index contributed by atoms with van der Waals surface area (Å²) in [6, 6.07) is -8.73. The summed E-state index contributed by atoms with van der Waals surface area (Å²) in [5.74, 6) is -11.1. The van der Waals surface area contributed by atoms with Crippen molar-refractivity contribution >= 4 is 88.8 Å². The maximum Gasteiger partial charge on any atom is 0.322 e. The largest absolute Gasteiger partial charge is 0.481 e. The zero-order valence-electron chi connectivity index (χ0n) is 36.2. The number of nitrogens with one attached hydrogen (secondary N) is 7. The van der Waals surface area contributed by atoms with E-state index in [1.165, 1.54) is 11.8 Å². The van der Waals surface area contributed by atoms with E-state index in [9.17, 15) is 57.8 Å². The van der Waals surface area contributed by atoms with Gasteiger partial charge in [-0.3, -0.25) is 62.7 Å². The molecule has 366 valence electrons. The number of primary amides is 2. The van der Waals surface area contributed by atoms with Crippen molar-refractivity contribution in [3.05, 3.63) is 0 Å². The van der Waals surface area contributed by atoms with Crippen LogP contribution in [-0.2, 0) is 52.7 Å². The molecule has 0 saturated carbocycles. The fourth-order valence-corrected chi connectivity index (χ4v) is 6.04. The summed E-state index contributed by atoms with van der Waals surface area (Å²) in [4.78, 5) is 146. The number of nitrogens with zero attached hydrogens (tertiary/aromatic N) is 2. The van der Waals surface area contributed by atoms with Crippen molar-refractivity contribution in [1.29, 1.82) is 0 Å². The first-order valence-electron chi connectivity index (χ1n) is 20.1. The van der Waals surface area contributed by atoms with Crippen molar-refractivity contribution in [2.24, 2.45) is 44.4 Å². The number of hydrogen-bond donors (Lipinski definition) is 15. The van der Waals surface area contributed by atoms with Gasteiger partial charge in [0, 0.05) is 39.3 Å². The molecule has 6 atom stereocenters.